The minimum atomic E-state index is -0.962. The average molecular weight is 289 g/mol. The number of aromatic nitrogens is 1. The fraction of sp³-hybridized carbons (Fsp3) is 0.0714. The van der Waals surface area contributed by atoms with E-state index in [0.29, 0.717) is 5.69 Å². The average Bonchev–Trinajstić information content (AvgIpc) is 2.47. The Balaban J connectivity index is 2.47. The van der Waals surface area contributed by atoms with Gasteiger partial charge in [-0.05, 0) is 29.8 Å². The monoisotopic (exact) mass is 289 g/mol. The predicted octanol–water partition coefficient (Wildman–Crippen LogP) is 2.95. The highest BCUT2D eigenvalue weighted by Crippen LogP contribution is 2.33. The molecule has 0 radical (unpaired) electrons. The number of aromatic carboxylic acids is 1. The minimum Gasteiger partial charge on any atom is -0.478 e. The van der Waals surface area contributed by atoms with E-state index in [0.717, 1.165) is 5.56 Å². The molecular weight excluding hydrogens is 278 g/mol. The molecule has 0 aliphatic rings. The van der Waals surface area contributed by atoms with E-state index >= 15 is 0 Å². The summed E-state index contributed by atoms with van der Waals surface area (Å²) in [5.41, 5.74) is 1.72. The summed E-state index contributed by atoms with van der Waals surface area (Å²) >= 11 is 9.69. The number of carboxylic acids is 1. The van der Waals surface area contributed by atoms with E-state index in [4.69, 9.17) is 17.3 Å². The Morgan fingerprint density at radius 2 is 1.95 bits per heavy atom. The number of hydrogen-bond donors (Lipinski definition) is 2. The van der Waals surface area contributed by atoms with Crippen LogP contribution in [-0.2, 0) is 4.75 Å². The first-order valence-electron chi connectivity index (χ1n) is 5.52. The van der Waals surface area contributed by atoms with Gasteiger partial charge in [0.25, 0.3) is 0 Å². The largest absolute Gasteiger partial charge is 0.478 e. The number of benzene rings is 1. The predicted molar refractivity (Wildman–Crippen MR) is 81.1 cm³/mol. The number of hydrogen-bond acceptors (Lipinski definition) is 4. The number of thiol groups is 1. The maximum Gasteiger partial charge on any atom is 0.335 e. The van der Waals surface area contributed by atoms with Crippen LogP contribution in [0, 0.1) is 0 Å². The van der Waals surface area contributed by atoms with Gasteiger partial charge in [-0.2, -0.15) is 12.6 Å². The molecule has 0 aliphatic carbocycles. The Hall–Kier alpha value is -1.72. The Morgan fingerprint density at radius 1 is 1.26 bits per heavy atom. The van der Waals surface area contributed by atoms with E-state index in [-0.39, 0.29) is 5.56 Å². The Labute approximate surface area is 121 Å². The van der Waals surface area contributed by atoms with Crippen LogP contribution in [0.25, 0.3) is 0 Å². The van der Waals surface area contributed by atoms with Crippen molar-refractivity contribution in [3.63, 3.8) is 0 Å². The third kappa shape index (κ3) is 2.67. The van der Waals surface area contributed by atoms with Crippen LogP contribution in [0.2, 0.25) is 0 Å². The molecule has 1 aromatic carbocycles. The maximum absolute atomic E-state index is 10.8. The van der Waals surface area contributed by atoms with Gasteiger partial charge in [-0.3, -0.25) is 4.98 Å². The fourth-order valence-electron chi connectivity index (χ4n) is 1.73. The van der Waals surface area contributed by atoms with E-state index in [2.05, 4.69) is 17.6 Å². The number of rotatable bonds is 4. The third-order valence-corrected chi connectivity index (χ3v) is 3.94. The van der Waals surface area contributed by atoms with E-state index in [1.165, 1.54) is 17.5 Å². The van der Waals surface area contributed by atoms with Crippen molar-refractivity contribution in [1.29, 1.82) is 0 Å². The summed E-state index contributed by atoms with van der Waals surface area (Å²) < 4.78 is -0.812. The van der Waals surface area contributed by atoms with Crippen molar-refractivity contribution in [2.24, 2.45) is 0 Å². The highest BCUT2D eigenvalue weighted by atomic mass is 32.1. The SMILES string of the molecule is O=C(O)c1ccc(C(S)(C=S)c2ccccn2)cc1. The first kappa shape index (κ1) is 13.7. The molecule has 0 fully saturated rings. The van der Waals surface area contributed by atoms with Crippen LogP contribution in [-0.4, -0.2) is 21.4 Å². The van der Waals surface area contributed by atoms with Crippen molar-refractivity contribution in [2.45, 2.75) is 4.75 Å². The van der Waals surface area contributed by atoms with Crippen molar-refractivity contribution in [2.75, 3.05) is 0 Å². The van der Waals surface area contributed by atoms with Gasteiger partial charge < -0.3 is 5.11 Å². The molecule has 0 spiro atoms. The third-order valence-electron chi connectivity index (χ3n) is 2.80. The lowest BCUT2D eigenvalue weighted by Gasteiger charge is -2.23. The summed E-state index contributed by atoms with van der Waals surface area (Å²) in [5, 5.41) is 10.4. The van der Waals surface area contributed by atoms with Crippen molar-refractivity contribution in [3.8, 4) is 0 Å². The second kappa shape index (κ2) is 5.50. The molecule has 0 aliphatic heterocycles. The second-order valence-electron chi connectivity index (χ2n) is 3.98. The first-order chi connectivity index (χ1) is 9.08. The van der Waals surface area contributed by atoms with Gasteiger partial charge in [0.15, 0.2) is 0 Å². The fourth-order valence-corrected chi connectivity index (χ4v) is 2.27. The summed E-state index contributed by atoms with van der Waals surface area (Å²) in [6, 6.07) is 12.0. The van der Waals surface area contributed by atoms with Gasteiger partial charge in [-0.25, -0.2) is 4.79 Å². The van der Waals surface area contributed by atoms with Crippen LogP contribution in [0.3, 0.4) is 0 Å². The quantitative estimate of drug-likeness (QED) is 0.671. The topological polar surface area (TPSA) is 50.2 Å². The molecule has 1 aromatic heterocycles. The standard InChI is InChI=1S/C14H11NO2S2/c16-13(17)10-4-6-11(7-5-10)14(19,9-18)12-3-1-2-8-15-12/h1-9,19H,(H,16,17). The van der Waals surface area contributed by atoms with Crippen molar-refractivity contribution >= 4 is 36.2 Å². The maximum atomic E-state index is 10.8. The molecule has 19 heavy (non-hydrogen) atoms. The van der Waals surface area contributed by atoms with Gasteiger partial charge in [0, 0.05) is 11.6 Å². The van der Waals surface area contributed by atoms with Gasteiger partial charge in [-0.15, -0.1) is 0 Å². The Bertz CT molecular complexity index is 599. The Morgan fingerprint density at radius 3 is 2.42 bits per heavy atom. The van der Waals surface area contributed by atoms with E-state index < -0.39 is 10.7 Å². The van der Waals surface area contributed by atoms with Crippen LogP contribution >= 0.6 is 24.8 Å². The van der Waals surface area contributed by atoms with Gasteiger partial charge in [0.05, 0.1) is 11.3 Å². The Kier molecular flexibility index (Phi) is 3.97. The molecule has 3 nitrogen and oxygen atoms in total. The number of carbonyl (C=O) groups is 1. The van der Waals surface area contributed by atoms with Gasteiger partial charge in [0.2, 0.25) is 0 Å². The molecule has 1 heterocycles. The van der Waals surface area contributed by atoms with Crippen LogP contribution in [0.1, 0.15) is 21.6 Å². The second-order valence-corrected chi connectivity index (χ2v) is 4.92. The molecule has 0 saturated carbocycles. The summed E-state index contributed by atoms with van der Waals surface area (Å²) in [6.07, 6.45) is 1.67. The zero-order valence-corrected chi connectivity index (χ0v) is 11.6. The van der Waals surface area contributed by atoms with Crippen molar-refractivity contribution in [3.05, 3.63) is 65.5 Å². The lowest BCUT2D eigenvalue weighted by atomic mass is 9.95. The zero-order chi connectivity index (χ0) is 13.9. The molecule has 96 valence electrons. The summed E-state index contributed by atoms with van der Waals surface area (Å²) in [4.78, 5) is 15.1. The smallest absolute Gasteiger partial charge is 0.335 e. The highest BCUT2D eigenvalue weighted by molar-refractivity contribution is 7.86. The molecule has 2 aromatic rings. The molecular formula is C14H11NO2S2. The summed E-state index contributed by atoms with van der Waals surface area (Å²) in [5.74, 6) is -0.962. The molecule has 0 saturated heterocycles. The zero-order valence-electron chi connectivity index (χ0n) is 9.85. The van der Waals surface area contributed by atoms with Gasteiger partial charge in [-0.1, -0.05) is 30.4 Å². The number of pyridine rings is 1. The lowest BCUT2D eigenvalue weighted by molar-refractivity contribution is 0.0697. The van der Waals surface area contributed by atoms with E-state index in [9.17, 15) is 4.79 Å². The first-order valence-corrected chi connectivity index (χ1v) is 6.44. The van der Waals surface area contributed by atoms with E-state index in [1.807, 2.05) is 18.2 Å². The lowest BCUT2D eigenvalue weighted by Crippen LogP contribution is -2.23. The van der Waals surface area contributed by atoms with Crippen molar-refractivity contribution in [1.82, 2.24) is 4.98 Å². The van der Waals surface area contributed by atoms with Crippen LogP contribution in [0.5, 0.6) is 0 Å². The van der Waals surface area contributed by atoms with Crippen molar-refractivity contribution < 1.29 is 9.90 Å². The minimum absolute atomic E-state index is 0.227. The molecule has 1 atom stereocenters. The van der Waals surface area contributed by atoms with Gasteiger partial charge in [0.1, 0.15) is 4.75 Å². The van der Waals surface area contributed by atoms with Crippen LogP contribution < -0.4 is 0 Å². The van der Waals surface area contributed by atoms with Crippen LogP contribution in [0.15, 0.2) is 48.7 Å². The highest BCUT2D eigenvalue weighted by Gasteiger charge is 2.29. The molecule has 5 heteroatoms. The number of thiocarbonyl (C=S) groups is 1. The molecule has 1 N–H and O–H groups in total. The molecule has 0 bridgehead atoms. The number of carboxylic acid groups (broad SMARTS) is 1. The normalized spacial score (nSPS) is 13.5. The summed E-state index contributed by atoms with van der Waals surface area (Å²) in [6.45, 7) is 0. The summed E-state index contributed by atoms with van der Waals surface area (Å²) in [7, 11) is 0. The van der Waals surface area contributed by atoms with E-state index in [1.54, 1.807) is 18.3 Å². The molecule has 0 amide bonds. The number of nitrogens with zero attached hydrogens (tertiary/aromatic N) is 1. The van der Waals surface area contributed by atoms with Crippen LogP contribution in [0.4, 0.5) is 0 Å². The molecule has 2 rings (SSSR count). The molecule has 1 unspecified atom stereocenters. The van der Waals surface area contributed by atoms with Gasteiger partial charge >= 0.3 is 5.97 Å².